The molecule has 0 fully saturated rings. The highest BCUT2D eigenvalue weighted by Crippen LogP contribution is 2.11. The number of benzene rings is 1. The van der Waals surface area contributed by atoms with Crippen molar-refractivity contribution in [3.8, 4) is 0 Å². The van der Waals surface area contributed by atoms with E-state index in [2.05, 4.69) is 10.9 Å². The lowest BCUT2D eigenvalue weighted by molar-refractivity contribution is -0.124. The Hall–Kier alpha value is -1.55. The van der Waals surface area contributed by atoms with Gasteiger partial charge in [-0.3, -0.25) is 15.6 Å². The van der Waals surface area contributed by atoms with Crippen LogP contribution in [0.3, 0.4) is 0 Å². The van der Waals surface area contributed by atoms with E-state index in [1.54, 1.807) is 6.92 Å². The van der Waals surface area contributed by atoms with Gasteiger partial charge >= 0.3 is 0 Å². The van der Waals surface area contributed by atoms with Gasteiger partial charge in [0.1, 0.15) is 0 Å². The summed E-state index contributed by atoms with van der Waals surface area (Å²) in [5.41, 5.74) is 7.44. The predicted octanol–water partition coefficient (Wildman–Crippen LogP) is 1.46. The maximum atomic E-state index is 11.5. The number of hydrogen-bond donors (Lipinski definition) is 3. The minimum absolute atomic E-state index is 0.0267. The number of rotatable bonds is 5. The number of aryl methyl sites for hydroxylation is 1. The van der Waals surface area contributed by atoms with E-state index in [4.69, 9.17) is 5.11 Å². The number of aliphatic hydroxyl groups is 1. The molecule has 0 bridgehead atoms. The summed E-state index contributed by atoms with van der Waals surface area (Å²) in [6.45, 7) is 3.77. The van der Waals surface area contributed by atoms with Gasteiger partial charge in [0.05, 0.1) is 5.69 Å². The number of carbonyl (C=O) groups is 1. The first kappa shape index (κ1) is 12.5. The number of aliphatic hydroxyl groups excluding tert-OH is 1. The molecule has 0 aliphatic carbocycles. The summed E-state index contributed by atoms with van der Waals surface area (Å²) in [6.07, 6.45) is 0.473. The largest absolute Gasteiger partial charge is 0.396 e. The van der Waals surface area contributed by atoms with Crippen LogP contribution in [0.4, 0.5) is 5.69 Å². The molecule has 16 heavy (non-hydrogen) atoms. The molecule has 1 atom stereocenters. The monoisotopic (exact) mass is 222 g/mol. The van der Waals surface area contributed by atoms with Gasteiger partial charge in [0.2, 0.25) is 5.91 Å². The number of nitrogens with one attached hydrogen (secondary N) is 2. The maximum absolute atomic E-state index is 11.5. The van der Waals surface area contributed by atoms with Crippen molar-refractivity contribution in [2.24, 2.45) is 5.92 Å². The zero-order valence-electron chi connectivity index (χ0n) is 9.66. The highest BCUT2D eigenvalue weighted by Gasteiger charge is 2.11. The molecule has 0 radical (unpaired) electrons. The van der Waals surface area contributed by atoms with Crippen LogP contribution in [0.5, 0.6) is 0 Å². The summed E-state index contributed by atoms with van der Waals surface area (Å²) >= 11 is 0. The normalized spacial score (nSPS) is 11.9. The molecule has 0 heterocycles. The van der Waals surface area contributed by atoms with Gasteiger partial charge in [0.25, 0.3) is 0 Å². The van der Waals surface area contributed by atoms with Crippen molar-refractivity contribution in [2.75, 3.05) is 12.0 Å². The van der Waals surface area contributed by atoms with E-state index in [1.807, 2.05) is 31.2 Å². The quantitative estimate of drug-likeness (QED) is 0.661. The number of carbonyl (C=O) groups excluding carboxylic acids is 1. The first-order valence-corrected chi connectivity index (χ1v) is 5.37. The molecule has 1 aromatic rings. The highest BCUT2D eigenvalue weighted by atomic mass is 16.3. The minimum atomic E-state index is -0.193. The maximum Gasteiger partial charge on any atom is 0.241 e. The van der Waals surface area contributed by atoms with E-state index in [9.17, 15) is 4.79 Å². The SMILES string of the molecule is Cc1ccccc1NNC(=O)C(C)CCO. The minimum Gasteiger partial charge on any atom is -0.396 e. The molecule has 0 aliphatic rings. The smallest absolute Gasteiger partial charge is 0.241 e. The lowest BCUT2D eigenvalue weighted by atomic mass is 10.1. The fourth-order valence-corrected chi connectivity index (χ4v) is 1.29. The van der Waals surface area contributed by atoms with Gasteiger partial charge in [-0.15, -0.1) is 0 Å². The van der Waals surface area contributed by atoms with Gasteiger partial charge < -0.3 is 5.11 Å². The average Bonchev–Trinajstić information content (AvgIpc) is 2.28. The number of para-hydroxylation sites is 1. The lowest BCUT2D eigenvalue weighted by Gasteiger charge is -2.13. The van der Waals surface area contributed by atoms with Crippen molar-refractivity contribution < 1.29 is 9.90 Å². The number of hydrazine groups is 1. The predicted molar refractivity (Wildman–Crippen MR) is 63.8 cm³/mol. The summed E-state index contributed by atoms with van der Waals surface area (Å²) in [4.78, 5) is 11.5. The van der Waals surface area contributed by atoms with Crippen LogP contribution in [0.2, 0.25) is 0 Å². The average molecular weight is 222 g/mol. The van der Waals surface area contributed by atoms with Crippen LogP contribution in [0, 0.1) is 12.8 Å². The zero-order chi connectivity index (χ0) is 12.0. The molecule has 4 heteroatoms. The van der Waals surface area contributed by atoms with Crippen molar-refractivity contribution in [2.45, 2.75) is 20.3 Å². The van der Waals surface area contributed by atoms with E-state index in [-0.39, 0.29) is 18.4 Å². The molecule has 0 saturated heterocycles. The van der Waals surface area contributed by atoms with E-state index >= 15 is 0 Å². The van der Waals surface area contributed by atoms with E-state index < -0.39 is 0 Å². The Kier molecular flexibility index (Phi) is 4.79. The van der Waals surface area contributed by atoms with Crippen molar-refractivity contribution in [3.63, 3.8) is 0 Å². The second-order valence-electron chi connectivity index (χ2n) is 3.84. The second-order valence-corrected chi connectivity index (χ2v) is 3.84. The molecule has 1 aromatic carbocycles. The van der Waals surface area contributed by atoms with Crippen LogP contribution in [-0.4, -0.2) is 17.6 Å². The Morgan fingerprint density at radius 3 is 2.75 bits per heavy atom. The van der Waals surface area contributed by atoms with Crippen molar-refractivity contribution in [1.29, 1.82) is 0 Å². The topological polar surface area (TPSA) is 61.4 Å². The molecule has 0 aliphatic heterocycles. The van der Waals surface area contributed by atoms with E-state index in [0.29, 0.717) is 6.42 Å². The number of amides is 1. The molecule has 0 spiro atoms. The molecule has 4 nitrogen and oxygen atoms in total. The van der Waals surface area contributed by atoms with Crippen LogP contribution in [0.15, 0.2) is 24.3 Å². The van der Waals surface area contributed by atoms with Crippen LogP contribution in [-0.2, 0) is 4.79 Å². The van der Waals surface area contributed by atoms with Gasteiger partial charge in [-0.1, -0.05) is 25.1 Å². The van der Waals surface area contributed by atoms with Crippen LogP contribution < -0.4 is 10.9 Å². The standard InChI is InChI=1S/C12H18N2O2/c1-9-5-3-4-6-11(9)13-14-12(16)10(2)7-8-15/h3-6,10,13,15H,7-8H2,1-2H3,(H,14,16). The molecule has 0 aromatic heterocycles. The van der Waals surface area contributed by atoms with Gasteiger partial charge in [-0.05, 0) is 25.0 Å². The van der Waals surface area contributed by atoms with E-state index in [1.165, 1.54) is 0 Å². The lowest BCUT2D eigenvalue weighted by Crippen LogP contribution is -2.34. The van der Waals surface area contributed by atoms with Crippen molar-refractivity contribution in [3.05, 3.63) is 29.8 Å². The Labute approximate surface area is 95.6 Å². The summed E-state index contributed by atoms with van der Waals surface area (Å²) in [6, 6.07) is 7.70. The number of anilines is 1. The van der Waals surface area contributed by atoms with Gasteiger partial charge in [0, 0.05) is 12.5 Å². The zero-order valence-corrected chi connectivity index (χ0v) is 9.66. The molecular formula is C12H18N2O2. The Morgan fingerprint density at radius 2 is 2.12 bits per heavy atom. The fourth-order valence-electron chi connectivity index (χ4n) is 1.29. The van der Waals surface area contributed by atoms with Crippen LogP contribution >= 0.6 is 0 Å². The van der Waals surface area contributed by atoms with Crippen molar-refractivity contribution >= 4 is 11.6 Å². The molecule has 1 unspecified atom stereocenters. The highest BCUT2D eigenvalue weighted by molar-refractivity contribution is 5.79. The van der Waals surface area contributed by atoms with Crippen LogP contribution in [0.25, 0.3) is 0 Å². The Bertz CT molecular complexity index is 353. The van der Waals surface area contributed by atoms with Gasteiger partial charge in [0.15, 0.2) is 0 Å². The van der Waals surface area contributed by atoms with Crippen molar-refractivity contribution in [1.82, 2.24) is 5.43 Å². The molecule has 0 saturated carbocycles. The molecule has 88 valence electrons. The van der Waals surface area contributed by atoms with E-state index in [0.717, 1.165) is 11.3 Å². The van der Waals surface area contributed by atoms with Gasteiger partial charge in [-0.2, -0.15) is 0 Å². The molecule has 3 N–H and O–H groups in total. The Balaban J connectivity index is 2.46. The molecular weight excluding hydrogens is 204 g/mol. The van der Waals surface area contributed by atoms with Gasteiger partial charge in [-0.25, -0.2) is 0 Å². The third-order valence-corrected chi connectivity index (χ3v) is 2.48. The molecule has 1 amide bonds. The fraction of sp³-hybridized carbons (Fsp3) is 0.417. The third kappa shape index (κ3) is 3.55. The summed E-state index contributed by atoms with van der Waals surface area (Å²) in [5.74, 6) is -0.307. The molecule has 1 rings (SSSR count). The summed E-state index contributed by atoms with van der Waals surface area (Å²) in [5, 5.41) is 8.71. The summed E-state index contributed by atoms with van der Waals surface area (Å²) in [7, 11) is 0. The summed E-state index contributed by atoms with van der Waals surface area (Å²) < 4.78 is 0. The second kappa shape index (κ2) is 6.12. The van der Waals surface area contributed by atoms with Crippen LogP contribution in [0.1, 0.15) is 18.9 Å². The first-order chi connectivity index (χ1) is 7.65. The third-order valence-electron chi connectivity index (χ3n) is 2.48. The Morgan fingerprint density at radius 1 is 1.44 bits per heavy atom. The first-order valence-electron chi connectivity index (χ1n) is 5.37. The number of hydrogen-bond acceptors (Lipinski definition) is 3.